The van der Waals surface area contributed by atoms with Crippen molar-refractivity contribution in [3.05, 3.63) is 34.9 Å². The Balaban J connectivity index is 2.25. The fourth-order valence-corrected chi connectivity index (χ4v) is 2.66. The van der Waals surface area contributed by atoms with Crippen LogP contribution in [0.25, 0.3) is 0 Å². The van der Waals surface area contributed by atoms with Gasteiger partial charge in [0.05, 0.1) is 6.07 Å². The molecule has 0 saturated carbocycles. The normalized spacial score (nSPS) is 18.6. The van der Waals surface area contributed by atoms with E-state index in [9.17, 15) is 5.26 Å². The molecule has 0 N–H and O–H groups in total. The summed E-state index contributed by atoms with van der Waals surface area (Å²) in [4.78, 5) is 2.32. The van der Waals surface area contributed by atoms with E-state index in [4.69, 9.17) is 0 Å². The lowest BCUT2D eigenvalue weighted by Gasteiger charge is -2.31. The molecule has 1 aromatic rings. The maximum absolute atomic E-state index is 9.43. The third-order valence-corrected chi connectivity index (χ3v) is 3.60. The molecule has 1 aromatic carbocycles. The van der Waals surface area contributed by atoms with E-state index in [0.717, 1.165) is 13.1 Å². The van der Waals surface area contributed by atoms with Gasteiger partial charge in [-0.05, 0) is 50.9 Å². The first-order valence-electron chi connectivity index (χ1n) is 6.43. The number of aryl methyl sites for hydroxylation is 2. The molecule has 2 rings (SSSR count). The van der Waals surface area contributed by atoms with Crippen molar-refractivity contribution in [2.45, 2.75) is 39.2 Å². The van der Waals surface area contributed by atoms with Gasteiger partial charge in [-0.2, -0.15) is 5.26 Å². The van der Waals surface area contributed by atoms with Gasteiger partial charge >= 0.3 is 0 Å². The number of rotatable bonds is 2. The van der Waals surface area contributed by atoms with Crippen LogP contribution in [0.15, 0.2) is 18.2 Å². The zero-order chi connectivity index (χ0) is 12.3. The van der Waals surface area contributed by atoms with Crippen LogP contribution < -0.4 is 0 Å². The van der Waals surface area contributed by atoms with Gasteiger partial charge in [0, 0.05) is 0 Å². The molecule has 1 fully saturated rings. The van der Waals surface area contributed by atoms with Crippen molar-refractivity contribution in [1.82, 2.24) is 4.90 Å². The first-order chi connectivity index (χ1) is 8.22. The van der Waals surface area contributed by atoms with Crippen molar-refractivity contribution in [1.29, 1.82) is 5.26 Å². The highest BCUT2D eigenvalue weighted by atomic mass is 15.2. The lowest BCUT2D eigenvalue weighted by atomic mass is 9.97. The van der Waals surface area contributed by atoms with Gasteiger partial charge in [0.25, 0.3) is 0 Å². The van der Waals surface area contributed by atoms with Crippen LogP contribution in [0.1, 0.15) is 42.0 Å². The topological polar surface area (TPSA) is 27.0 Å². The Morgan fingerprint density at radius 1 is 1.18 bits per heavy atom. The van der Waals surface area contributed by atoms with E-state index in [1.807, 2.05) is 0 Å². The fourth-order valence-electron chi connectivity index (χ4n) is 2.66. The van der Waals surface area contributed by atoms with E-state index >= 15 is 0 Å². The number of nitriles is 1. The third-order valence-electron chi connectivity index (χ3n) is 3.60. The highest BCUT2D eigenvalue weighted by Gasteiger charge is 2.22. The molecular formula is C15H20N2. The largest absolute Gasteiger partial charge is 0.284 e. The van der Waals surface area contributed by atoms with Crippen molar-refractivity contribution in [3.63, 3.8) is 0 Å². The predicted octanol–water partition coefficient (Wildman–Crippen LogP) is 3.35. The minimum Gasteiger partial charge on any atom is -0.284 e. The molecule has 0 aromatic heterocycles. The number of hydrogen-bond acceptors (Lipinski definition) is 2. The minimum absolute atomic E-state index is 0.0594. The second-order valence-corrected chi connectivity index (χ2v) is 4.99. The van der Waals surface area contributed by atoms with Gasteiger partial charge in [-0.3, -0.25) is 4.90 Å². The fraction of sp³-hybridized carbons (Fsp3) is 0.533. The monoisotopic (exact) mass is 228 g/mol. The minimum atomic E-state index is -0.0594. The molecule has 0 aliphatic carbocycles. The Bertz CT molecular complexity index is 425. The van der Waals surface area contributed by atoms with Crippen LogP contribution in [0.2, 0.25) is 0 Å². The average molecular weight is 228 g/mol. The van der Waals surface area contributed by atoms with Gasteiger partial charge in [0.2, 0.25) is 0 Å². The van der Waals surface area contributed by atoms with Crippen LogP contribution in [0, 0.1) is 25.2 Å². The summed E-state index contributed by atoms with van der Waals surface area (Å²) in [6.45, 7) is 6.33. The first kappa shape index (κ1) is 12.1. The van der Waals surface area contributed by atoms with E-state index < -0.39 is 0 Å². The van der Waals surface area contributed by atoms with Gasteiger partial charge in [-0.15, -0.1) is 0 Å². The molecule has 90 valence electrons. The lowest BCUT2D eigenvalue weighted by molar-refractivity contribution is 0.195. The van der Waals surface area contributed by atoms with Crippen LogP contribution in [0.5, 0.6) is 0 Å². The SMILES string of the molecule is Cc1ccc(C(C#N)N2CCCCC2)c(C)c1. The summed E-state index contributed by atoms with van der Waals surface area (Å²) in [5.74, 6) is 0. The molecule has 1 atom stereocenters. The standard InChI is InChI=1S/C15H20N2/c1-12-6-7-14(13(2)10-12)15(11-16)17-8-4-3-5-9-17/h6-7,10,15H,3-5,8-9H2,1-2H3. The maximum atomic E-state index is 9.43. The Hall–Kier alpha value is -1.33. The average Bonchev–Trinajstić information content (AvgIpc) is 2.34. The van der Waals surface area contributed by atoms with Crippen LogP contribution >= 0.6 is 0 Å². The van der Waals surface area contributed by atoms with Crippen molar-refractivity contribution in [3.8, 4) is 6.07 Å². The molecular weight excluding hydrogens is 208 g/mol. The van der Waals surface area contributed by atoms with Gasteiger partial charge in [0.15, 0.2) is 0 Å². The van der Waals surface area contributed by atoms with E-state index in [1.54, 1.807) is 0 Å². The van der Waals surface area contributed by atoms with E-state index in [-0.39, 0.29) is 6.04 Å². The van der Waals surface area contributed by atoms with Crippen LogP contribution in [-0.2, 0) is 0 Å². The van der Waals surface area contributed by atoms with E-state index in [0.29, 0.717) is 0 Å². The summed E-state index contributed by atoms with van der Waals surface area (Å²) in [6, 6.07) is 8.81. The van der Waals surface area contributed by atoms with Gasteiger partial charge < -0.3 is 0 Å². The summed E-state index contributed by atoms with van der Waals surface area (Å²) in [5, 5.41) is 9.43. The lowest BCUT2D eigenvalue weighted by Crippen LogP contribution is -2.33. The second-order valence-electron chi connectivity index (χ2n) is 4.99. The number of hydrogen-bond donors (Lipinski definition) is 0. The van der Waals surface area contributed by atoms with Crippen molar-refractivity contribution in [2.24, 2.45) is 0 Å². The Morgan fingerprint density at radius 2 is 1.88 bits per heavy atom. The summed E-state index contributed by atoms with van der Waals surface area (Å²) in [5.41, 5.74) is 3.68. The molecule has 0 amide bonds. The van der Waals surface area contributed by atoms with Gasteiger partial charge in [0.1, 0.15) is 6.04 Å². The van der Waals surface area contributed by atoms with Crippen molar-refractivity contribution < 1.29 is 0 Å². The molecule has 0 spiro atoms. The maximum Gasteiger partial charge on any atom is 0.124 e. The molecule has 1 heterocycles. The smallest absolute Gasteiger partial charge is 0.124 e. The van der Waals surface area contributed by atoms with Crippen molar-refractivity contribution in [2.75, 3.05) is 13.1 Å². The molecule has 1 unspecified atom stereocenters. The highest BCUT2D eigenvalue weighted by Crippen LogP contribution is 2.26. The number of benzene rings is 1. The number of piperidine rings is 1. The molecule has 2 nitrogen and oxygen atoms in total. The molecule has 0 radical (unpaired) electrons. The number of nitrogens with zero attached hydrogens (tertiary/aromatic N) is 2. The van der Waals surface area contributed by atoms with Gasteiger partial charge in [-0.25, -0.2) is 0 Å². The molecule has 17 heavy (non-hydrogen) atoms. The molecule has 0 bridgehead atoms. The predicted molar refractivity (Wildman–Crippen MR) is 69.7 cm³/mol. The second kappa shape index (κ2) is 5.33. The molecule has 1 aliphatic rings. The molecule has 1 saturated heterocycles. The summed E-state index contributed by atoms with van der Waals surface area (Å²) >= 11 is 0. The Labute approximate surface area is 104 Å². The quantitative estimate of drug-likeness (QED) is 0.776. The van der Waals surface area contributed by atoms with Gasteiger partial charge in [-0.1, -0.05) is 30.2 Å². The van der Waals surface area contributed by atoms with Crippen molar-refractivity contribution >= 4 is 0 Å². The third kappa shape index (κ3) is 2.68. The Morgan fingerprint density at radius 3 is 2.47 bits per heavy atom. The zero-order valence-electron chi connectivity index (χ0n) is 10.7. The summed E-state index contributed by atoms with van der Waals surface area (Å²) in [7, 11) is 0. The highest BCUT2D eigenvalue weighted by molar-refractivity contribution is 5.35. The molecule has 2 heteroatoms. The summed E-state index contributed by atoms with van der Waals surface area (Å²) < 4.78 is 0. The zero-order valence-corrected chi connectivity index (χ0v) is 10.7. The van der Waals surface area contributed by atoms with Crippen LogP contribution in [0.3, 0.4) is 0 Å². The first-order valence-corrected chi connectivity index (χ1v) is 6.43. The van der Waals surface area contributed by atoms with Crippen LogP contribution in [0.4, 0.5) is 0 Å². The summed E-state index contributed by atoms with van der Waals surface area (Å²) in [6.07, 6.45) is 3.76. The van der Waals surface area contributed by atoms with Crippen LogP contribution in [-0.4, -0.2) is 18.0 Å². The van der Waals surface area contributed by atoms with E-state index in [2.05, 4.69) is 43.0 Å². The van der Waals surface area contributed by atoms with E-state index in [1.165, 1.54) is 36.0 Å². The Kier molecular flexibility index (Phi) is 3.81. The molecule has 1 aliphatic heterocycles. The number of likely N-dealkylation sites (tertiary alicyclic amines) is 1.